The predicted molar refractivity (Wildman–Crippen MR) is 129 cm³/mol. The molecule has 0 saturated carbocycles. The number of carbonyl (C=O) groups is 4. The van der Waals surface area contributed by atoms with E-state index in [1.54, 1.807) is 12.1 Å². The standard InChI is InChI=1S/C26H23Cl2FN2O4/c1-15-6-11-18-20(14-15)26(35)31(24(18)33)30(25(34)19-4-2-3-5-21(19)28)22(12-13-27)23(32)16-7-9-17(29)10-8-16/h2-10,18,20,22H,11-14H2,1H3/t18-,20+,22-/m0/s1. The van der Waals surface area contributed by atoms with Gasteiger partial charge < -0.3 is 0 Å². The number of ketones is 1. The van der Waals surface area contributed by atoms with Gasteiger partial charge in [-0.1, -0.05) is 35.4 Å². The number of halogens is 3. The molecule has 0 N–H and O–H groups in total. The number of hydrogen-bond acceptors (Lipinski definition) is 4. The Kier molecular flexibility index (Phi) is 7.38. The van der Waals surface area contributed by atoms with Crippen molar-refractivity contribution in [3.05, 3.63) is 82.1 Å². The molecular weight excluding hydrogens is 494 g/mol. The van der Waals surface area contributed by atoms with Crippen molar-refractivity contribution >= 4 is 46.7 Å². The minimum absolute atomic E-state index is 0.0328. The van der Waals surface area contributed by atoms with Crippen molar-refractivity contribution in [1.29, 1.82) is 0 Å². The number of hydrazine groups is 1. The number of allylic oxidation sites excluding steroid dienone is 2. The molecule has 4 rings (SSSR count). The number of fused-ring (bicyclic) bond motifs is 1. The Morgan fingerprint density at radius 1 is 1.09 bits per heavy atom. The molecule has 0 bridgehead atoms. The molecule has 1 saturated heterocycles. The van der Waals surface area contributed by atoms with Crippen molar-refractivity contribution in [2.75, 3.05) is 5.88 Å². The Bertz CT molecular complexity index is 1210. The quantitative estimate of drug-likeness (QED) is 0.223. The van der Waals surface area contributed by atoms with Gasteiger partial charge in [0.25, 0.3) is 17.7 Å². The lowest BCUT2D eigenvalue weighted by Gasteiger charge is -2.36. The van der Waals surface area contributed by atoms with E-state index in [4.69, 9.17) is 23.2 Å². The average molecular weight is 517 g/mol. The van der Waals surface area contributed by atoms with Crippen LogP contribution in [-0.4, -0.2) is 45.4 Å². The van der Waals surface area contributed by atoms with E-state index in [9.17, 15) is 23.6 Å². The summed E-state index contributed by atoms with van der Waals surface area (Å²) in [5, 5.41) is 1.83. The van der Waals surface area contributed by atoms with E-state index in [1.165, 1.54) is 24.3 Å². The summed E-state index contributed by atoms with van der Waals surface area (Å²) in [4.78, 5) is 54.4. The summed E-state index contributed by atoms with van der Waals surface area (Å²) < 4.78 is 13.5. The van der Waals surface area contributed by atoms with Gasteiger partial charge in [0, 0.05) is 11.4 Å². The first-order valence-electron chi connectivity index (χ1n) is 11.2. The van der Waals surface area contributed by atoms with E-state index in [0.29, 0.717) is 12.8 Å². The molecule has 3 amide bonds. The first-order valence-corrected chi connectivity index (χ1v) is 12.1. The van der Waals surface area contributed by atoms with Crippen molar-refractivity contribution < 1.29 is 23.6 Å². The SMILES string of the molecule is CC1=CC[C@@H]2C(=O)N(N(C(=O)c3ccccc3Cl)[C@@H](CCCl)C(=O)c3ccc(F)cc3)C(=O)[C@@H]2C1. The van der Waals surface area contributed by atoms with Gasteiger partial charge >= 0.3 is 0 Å². The number of alkyl halides is 1. The van der Waals surface area contributed by atoms with E-state index in [2.05, 4.69) is 0 Å². The predicted octanol–water partition coefficient (Wildman–Crippen LogP) is 5.06. The highest BCUT2D eigenvalue weighted by Crippen LogP contribution is 2.39. The lowest BCUT2D eigenvalue weighted by molar-refractivity contribution is -0.156. The molecule has 0 spiro atoms. The first-order chi connectivity index (χ1) is 16.7. The van der Waals surface area contributed by atoms with Crippen molar-refractivity contribution in [1.82, 2.24) is 10.0 Å². The van der Waals surface area contributed by atoms with E-state index in [1.807, 2.05) is 13.0 Å². The van der Waals surface area contributed by atoms with Crippen molar-refractivity contribution in [2.45, 2.75) is 32.2 Å². The van der Waals surface area contributed by atoms with Crippen LogP contribution < -0.4 is 0 Å². The fourth-order valence-electron chi connectivity index (χ4n) is 4.64. The molecule has 0 aromatic heterocycles. The summed E-state index contributed by atoms with van der Waals surface area (Å²) in [6.45, 7) is 1.89. The van der Waals surface area contributed by atoms with Gasteiger partial charge in [0.05, 0.1) is 22.4 Å². The van der Waals surface area contributed by atoms with Gasteiger partial charge in [0.15, 0.2) is 5.78 Å². The maximum Gasteiger partial charge on any atom is 0.275 e. The van der Waals surface area contributed by atoms with Crippen LogP contribution in [0.15, 0.2) is 60.2 Å². The molecule has 0 radical (unpaired) electrons. The zero-order valence-electron chi connectivity index (χ0n) is 18.9. The molecule has 3 atom stereocenters. The smallest absolute Gasteiger partial charge is 0.275 e. The molecule has 2 aromatic rings. The highest BCUT2D eigenvalue weighted by molar-refractivity contribution is 6.34. The number of nitrogens with zero attached hydrogens (tertiary/aromatic N) is 2. The van der Waals surface area contributed by atoms with Crippen LogP contribution in [0.1, 0.15) is 46.9 Å². The third-order valence-electron chi connectivity index (χ3n) is 6.44. The number of Topliss-reactive ketones (excluding diaryl/α,β-unsaturated/α-hetero) is 1. The summed E-state index contributed by atoms with van der Waals surface area (Å²) in [6.07, 6.45) is 2.64. The maximum atomic E-state index is 13.8. The fraction of sp³-hybridized carbons (Fsp3) is 0.308. The Morgan fingerprint density at radius 3 is 2.40 bits per heavy atom. The van der Waals surface area contributed by atoms with Gasteiger partial charge in [0.1, 0.15) is 11.9 Å². The molecule has 2 aliphatic rings. The summed E-state index contributed by atoms with van der Waals surface area (Å²) in [6, 6.07) is 9.74. The fourth-order valence-corrected chi connectivity index (χ4v) is 5.06. The molecule has 1 heterocycles. The molecular formula is C26H23Cl2FN2O4. The lowest BCUT2D eigenvalue weighted by atomic mass is 9.82. The van der Waals surface area contributed by atoms with Crippen LogP contribution in [0.25, 0.3) is 0 Å². The minimum atomic E-state index is -1.29. The topological polar surface area (TPSA) is 74.8 Å². The van der Waals surface area contributed by atoms with Crippen molar-refractivity contribution in [3.63, 3.8) is 0 Å². The Hall–Kier alpha value is -3.03. The third-order valence-corrected chi connectivity index (χ3v) is 6.98. The number of carbonyl (C=O) groups excluding carboxylic acids is 4. The zero-order valence-corrected chi connectivity index (χ0v) is 20.4. The van der Waals surface area contributed by atoms with Crippen LogP contribution in [0.3, 0.4) is 0 Å². The Balaban J connectivity index is 1.82. The number of rotatable bonds is 7. The second-order valence-electron chi connectivity index (χ2n) is 8.69. The highest BCUT2D eigenvalue weighted by atomic mass is 35.5. The molecule has 9 heteroatoms. The Labute approximate surface area is 212 Å². The summed E-state index contributed by atoms with van der Waals surface area (Å²) >= 11 is 12.3. The largest absolute Gasteiger partial charge is 0.292 e. The molecule has 1 aliphatic carbocycles. The third kappa shape index (κ3) is 4.75. The highest BCUT2D eigenvalue weighted by Gasteiger charge is 2.53. The van der Waals surface area contributed by atoms with Gasteiger partial charge in [-0.15, -0.1) is 11.6 Å². The minimum Gasteiger partial charge on any atom is -0.292 e. The maximum absolute atomic E-state index is 13.8. The van der Waals surface area contributed by atoms with Gasteiger partial charge in [0.2, 0.25) is 0 Å². The number of amides is 3. The normalized spacial score (nSPS) is 20.3. The van der Waals surface area contributed by atoms with E-state index in [-0.39, 0.29) is 28.5 Å². The second-order valence-corrected chi connectivity index (χ2v) is 9.47. The molecule has 182 valence electrons. The number of imide groups is 1. The molecule has 1 fully saturated rings. The van der Waals surface area contributed by atoms with Crippen molar-refractivity contribution in [3.8, 4) is 0 Å². The second kappa shape index (κ2) is 10.3. The molecule has 2 aromatic carbocycles. The van der Waals surface area contributed by atoms with Gasteiger partial charge in [-0.05, 0) is 62.6 Å². The average Bonchev–Trinajstić information content (AvgIpc) is 3.08. The molecule has 6 nitrogen and oxygen atoms in total. The molecule has 35 heavy (non-hydrogen) atoms. The summed E-state index contributed by atoms with van der Waals surface area (Å²) in [5.74, 6) is -4.24. The van der Waals surface area contributed by atoms with E-state index in [0.717, 1.165) is 27.7 Å². The molecule has 1 aliphatic heterocycles. The summed E-state index contributed by atoms with van der Waals surface area (Å²) in [5.41, 5.74) is 1.14. The van der Waals surface area contributed by atoms with Crippen LogP contribution in [-0.2, 0) is 9.59 Å². The summed E-state index contributed by atoms with van der Waals surface area (Å²) in [7, 11) is 0. The van der Waals surface area contributed by atoms with E-state index >= 15 is 0 Å². The lowest BCUT2D eigenvalue weighted by Crippen LogP contribution is -2.57. The van der Waals surface area contributed by atoms with Crippen molar-refractivity contribution in [2.24, 2.45) is 11.8 Å². The number of benzene rings is 2. The zero-order chi connectivity index (χ0) is 25.3. The van der Waals surface area contributed by atoms with E-state index < -0.39 is 47.2 Å². The van der Waals surface area contributed by atoms with Crippen LogP contribution in [0.2, 0.25) is 5.02 Å². The van der Waals surface area contributed by atoms with Gasteiger partial charge in [-0.3, -0.25) is 19.2 Å². The first kappa shape index (κ1) is 25.1. The van der Waals surface area contributed by atoms with Gasteiger partial charge in [-0.25, -0.2) is 9.40 Å². The van der Waals surface area contributed by atoms with Gasteiger partial charge in [-0.2, -0.15) is 5.01 Å². The van der Waals surface area contributed by atoms with Crippen LogP contribution in [0.5, 0.6) is 0 Å². The van der Waals surface area contributed by atoms with Crippen LogP contribution >= 0.6 is 23.2 Å². The van der Waals surface area contributed by atoms with Crippen LogP contribution in [0.4, 0.5) is 4.39 Å². The Morgan fingerprint density at radius 2 is 1.74 bits per heavy atom. The van der Waals surface area contributed by atoms with Crippen LogP contribution in [0, 0.1) is 17.7 Å². The monoisotopic (exact) mass is 516 g/mol. The number of hydrogen-bond donors (Lipinski definition) is 0. The molecule has 0 unspecified atom stereocenters.